The van der Waals surface area contributed by atoms with Gasteiger partial charge in [0.05, 0.1) is 18.5 Å². The summed E-state index contributed by atoms with van der Waals surface area (Å²) in [6, 6.07) is 8.66. The third-order valence-electron chi connectivity index (χ3n) is 5.53. The second-order valence-corrected chi connectivity index (χ2v) is 8.39. The van der Waals surface area contributed by atoms with Gasteiger partial charge in [-0.25, -0.2) is 13.9 Å². The Labute approximate surface area is 210 Å². The number of carbonyl (C=O) groups is 2. The van der Waals surface area contributed by atoms with E-state index in [2.05, 4.69) is 25.8 Å². The molecule has 0 unspecified atom stereocenters. The van der Waals surface area contributed by atoms with E-state index in [4.69, 9.17) is 14.2 Å². The number of anilines is 2. The van der Waals surface area contributed by atoms with Crippen molar-refractivity contribution in [1.82, 2.24) is 24.4 Å². The smallest absolute Gasteiger partial charge is 0.274 e. The van der Waals surface area contributed by atoms with Crippen molar-refractivity contribution in [2.75, 3.05) is 31.0 Å². The van der Waals surface area contributed by atoms with Crippen molar-refractivity contribution in [1.29, 1.82) is 0 Å². The van der Waals surface area contributed by atoms with E-state index in [1.54, 1.807) is 32.5 Å². The fraction of sp³-hybridized carbons (Fsp3) is 0.292. The van der Waals surface area contributed by atoms with E-state index in [0.717, 1.165) is 12.8 Å². The van der Waals surface area contributed by atoms with Gasteiger partial charge in [-0.3, -0.25) is 14.3 Å². The van der Waals surface area contributed by atoms with Crippen LogP contribution in [0.25, 0.3) is 5.65 Å². The van der Waals surface area contributed by atoms with Crippen LogP contribution in [-0.4, -0.2) is 56.5 Å². The number of hydrogen-bond acceptors (Lipinski definition) is 8. The summed E-state index contributed by atoms with van der Waals surface area (Å²) in [6.07, 6.45) is 3.36. The molecule has 1 aliphatic carbocycles. The van der Waals surface area contributed by atoms with Gasteiger partial charge >= 0.3 is 0 Å². The number of nitrogens with one attached hydrogen (secondary N) is 2. The van der Waals surface area contributed by atoms with Gasteiger partial charge in [0.2, 0.25) is 17.7 Å². The fourth-order valence-corrected chi connectivity index (χ4v) is 3.48. The van der Waals surface area contributed by atoms with E-state index in [1.807, 2.05) is 0 Å². The van der Waals surface area contributed by atoms with Crippen molar-refractivity contribution < 1.29 is 28.2 Å². The van der Waals surface area contributed by atoms with E-state index < -0.39 is 11.7 Å². The summed E-state index contributed by atoms with van der Waals surface area (Å²) in [5.74, 6) is -0.118. The van der Waals surface area contributed by atoms with E-state index in [0.29, 0.717) is 18.1 Å². The molecule has 0 aliphatic heterocycles. The molecule has 3 aromatic heterocycles. The number of aryl methyl sites for hydroxylation is 1. The van der Waals surface area contributed by atoms with Crippen molar-refractivity contribution >= 4 is 29.0 Å². The molecule has 1 aliphatic rings. The van der Waals surface area contributed by atoms with E-state index in [-0.39, 0.29) is 47.3 Å². The van der Waals surface area contributed by atoms with Crippen LogP contribution in [0.3, 0.4) is 0 Å². The molecule has 1 aromatic carbocycles. The molecule has 2 amide bonds. The number of amides is 2. The normalized spacial score (nSPS) is 12.9. The largest absolute Gasteiger partial charge is 0.474 e. The highest BCUT2D eigenvalue weighted by molar-refractivity contribution is 6.03. The minimum absolute atomic E-state index is 0.0539. The Morgan fingerprint density at radius 3 is 2.70 bits per heavy atom. The highest BCUT2D eigenvalue weighted by Gasteiger charge is 2.30. The van der Waals surface area contributed by atoms with Gasteiger partial charge in [0.1, 0.15) is 23.9 Å². The maximum atomic E-state index is 14.5. The van der Waals surface area contributed by atoms with Crippen LogP contribution in [0.2, 0.25) is 0 Å². The number of fused-ring (bicyclic) bond motifs is 1. The van der Waals surface area contributed by atoms with Gasteiger partial charge in [-0.05, 0) is 31.0 Å². The minimum Gasteiger partial charge on any atom is -0.474 e. The maximum absolute atomic E-state index is 14.5. The topological polar surface area (TPSA) is 134 Å². The first-order valence-corrected chi connectivity index (χ1v) is 11.5. The van der Waals surface area contributed by atoms with Crippen LogP contribution in [0.1, 0.15) is 23.3 Å². The molecule has 2 N–H and O–H groups in total. The molecule has 12 nitrogen and oxygen atoms in total. The Hall–Kier alpha value is -4.52. The van der Waals surface area contributed by atoms with Crippen molar-refractivity contribution in [3.63, 3.8) is 0 Å². The summed E-state index contributed by atoms with van der Waals surface area (Å²) in [5.41, 5.74) is 0.613. The minimum atomic E-state index is -0.645. The van der Waals surface area contributed by atoms with Crippen LogP contribution in [-0.2, 0) is 16.6 Å². The molecule has 5 rings (SSSR count). The third kappa shape index (κ3) is 5.67. The summed E-state index contributed by atoms with van der Waals surface area (Å²) in [7, 11) is 3.13. The SMILES string of the molecule is COCCOc1cc(C(=O)Nc2cc(Oc3ccc4nc(NC(=O)C5CC5)cn4n3)ccc2F)n(C)n1. The molecule has 0 spiro atoms. The van der Waals surface area contributed by atoms with E-state index >= 15 is 0 Å². The zero-order valence-electron chi connectivity index (χ0n) is 20.1. The summed E-state index contributed by atoms with van der Waals surface area (Å²) < 4.78 is 33.4. The van der Waals surface area contributed by atoms with E-state index in [9.17, 15) is 14.0 Å². The second kappa shape index (κ2) is 10.2. The Balaban J connectivity index is 1.27. The molecule has 0 radical (unpaired) electrons. The molecule has 13 heteroatoms. The number of rotatable bonds is 10. The zero-order chi connectivity index (χ0) is 25.9. The lowest BCUT2D eigenvalue weighted by Crippen LogP contribution is -2.16. The van der Waals surface area contributed by atoms with Gasteiger partial charge in [-0.1, -0.05) is 0 Å². The molecule has 4 aromatic rings. The molecule has 0 bridgehead atoms. The average Bonchev–Trinajstić information content (AvgIpc) is 3.55. The van der Waals surface area contributed by atoms with Crippen molar-refractivity contribution in [3.8, 4) is 17.5 Å². The lowest BCUT2D eigenvalue weighted by molar-refractivity contribution is -0.117. The van der Waals surface area contributed by atoms with Crippen LogP contribution >= 0.6 is 0 Å². The van der Waals surface area contributed by atoms with Crippen LogP contribution in [0.4, 0.5) is 15.9 Å². The summed E-state index contributed by atoms with van der Waals surface area (Å²) in [5, 5.41) is 13.7. The van der Waals surface area contributed by atoms with Gasteiger partial charge in [0, 0.05) is 38.3 Å². The van der Waals surface area contributed by atoms with Crippen molar-refractivity contribution in [3.05, 3.63) is 54.1 Å². The number of halogens is 1. The van der Waals surface area contributed by atoms with Gasteiger partial charge in [0.25, 0.3) is 5.91 Å². The van der Waals surface area contributed by atoms with Gasteiger partial charge in [0.15, 0.2) is 11.5 Å². The van der Waals surface area contributed by atoms with E-state index in [1.165, 1.54) is 33.5 Å². The van der Waals surface area contributed by atoms with Crippen LogP contribution < -0.4 is 20.1 Å². The molecular weight excluding hydrogens is 485 g/mol. The Morgan fingerprint density at radius 1 is 1.08 bits per heavy atom. The number of hydrogen-bond donors (Lipinski definition) is 2. The number of carbonyl (C=O) groups excluding carboxylic acids is 2. The summed E-state index contributed by atoms with van der Waals surface area (Å²) in [6.45, 7) is 0.648. The lowest BCUT2D eigenvalue weighted by Gasteiger charge is -2.09. The fourth-order valence-electron chi connectivity index (χ4n) is 3.48. The van der Waals surface area contributed by atoms with Crippen LogP contribution in [0, 0.1) is 11.7 Å². The number of ether oxygens (including phenoxy) is 3. The van der Waals surface area contributed by atoms with Crippen molar-refractivity contribution in [2.24, 2.45) is 13.0 Å². The molecule has 0 saturated heterocycles. The first-order valence-electron chi connectivity index (χ1n) is 11.5. The standard InChI is InChI=1S/C24H24FN7O5/c1-31-18(12-22(29-31)36-10-9-35-2)24(34)26-17-11-15(5-6-16(17)25)37-21-8-7-20-27-19(13-32(20)30-21)28-23(33)14-3-4-14/h5-8,11-14H,3-4,9-10H2,1-2H3,(H,26,34)(H,28,33). The predicted octanol–water partition coefficient (Wildman–Crippen LogP) is 3.02. The molecule has 1 saturated carbocycles. The Bertz CT molecular complexity index is 1460. The Morgan fingerprint density at radius 2 is 1.92 bits per heavy atom. The summed E-state index contributed by atoms with van der Waals surface area (Å²) >= 11 is 0. The molecule has 3 heterocycles. The number of methoxy groups -OCH3 is 1. The zero-order valence-corrected chi connectivity index (χ0v) is 20.1. The molecule has 37 heavy (non-hydrogen) atoms. The van der Waals surface area contributed by atoms with Crippen LogP contribution in [0.5, 0.6) is 17.5 Å². The third-order valence-corrected chi connectivity index (χ3v) is 5.53. The number of benzene rings is 1. The Kier molecular flexibility index (Phi) is 6.68. The van der Waals surface area contributed by atoms with Gasteiger partial charge < -0.3 is 24.8 Å². The summed E-state index contributed by atoms with van der Waals surface area (Å²) in [4.78, 5) is 29.1. The number of imidazole rings is 1. The lowest BCUT2D eigenvalue weighted by atomic mass is 10.2. The molecule has 0 atom stereocenters. The second-order valence-electron chi connectivity index (χ2n) is 8.39. The molecule has 192 valence electrons. The van der Waals surface area contributed by atoms with Gasteiger partial charge in [-0.2, -0.15) is 0 Å². The maximum Gasteiger partial charge on any atom is 0.274 e. The molecular formula is C24H24FN7O5. The molecule has 1 fully saturated rings. The van der Waals surface area contributed by atoms with Gasteiger partial charge in [-0.15, -0.1) is 10.2 Å². The first kappa shape index (κ1) is 24.2. The number of aromatic nitrogens is 5. The number of nitrogens with zero attached hydrogens (tertiary/aromatic N) is 5. The van der Waals surface area contributed by atoms with Crippen LogP contribution in [0.15, 0.2) is 42.6 Å². The first-order chi connectivity index (χ1) is 17.9. The average molecular weight is 509 g/mol. The quantitative estimate of drug-likeness (QED) is 0.312. The predicted molar refractivity (Wildman–Crippen MR) is 129 cm³/mol. The highest BCUT2D eigenvalue weighted by Crippen LogP contribution is 2.30. The monoisotopic (exact) mass is 509 g/mol. The highest BCUT2D eigenvalue weighted by atomic mass is 19.1. The van der Waals surface area contributed by atoms with Crippen molar-refractivity contribution in [2.45, 2.75) is 12.8 Å².